The first kappa shape index (κ1) is 18.0. The smallest absolute Gasteiger partial charge is 0.316 e. The molecule has 0 unspecified atom stereocenters. The van der Waals surface area contributed by atoms with Crippen LogP contribution in [0.1, 0.15) is 44.1 Å². The van der Waals surface area contributed by atoms with Gasteiger partial charge in [-0.15, -0.1) is 0 Å². The topological polar surface area (TPSA) is 51.3 Å². The Balaban J connectivity index is 1.38. The number of likely N-dealkylation sites (N-methyl/N-ethyl adjacent to an activating group) is 1. The highest BCUT2D eigenvalue weighted by molar-refractivity contribution is 5.78. The summed E-state index contributed by atoms with van der Waals surface area (Å²) in [4.78, 5) is 15.3. The van der Waals surface area contributed by atoms with Gasteiger partial charge in [0.1, 0.15) is 24.2 Å². The van der Waals surface area contributed by atoms with Gasteiger partial charge in [-0.3, -0.25) is 9.69 Å². The second-order valence-electron chi connectivity index (χ2n) is 7.79. The van der Waals surface area contributed by atoms with E-state index in [1.165, 1.54) is 0 Å². The van der Waals surface area contributed by atoms with E-state index in [-0.39, 0.29) is 18.0 Å². The lowest BCUT2D eigenvalue weighted by molar-refractivity contribution is -0.157. The van der Waals surface area contributed by atoms with Crippen LogP contribution in [0, 0.1) is 0 Å². The standard InChI is InChI=1S/C21H29NO4/c1-3-4-10-24-13-16(14-8-6-5-7-9-14)21(23)25-15-11-17-19-20(26-19)18(12-15)22(17)2/h5-9,15-20H,3-4,10-13H2,1-2H3/t15-,16-,17-,18+,19-,20+/m1/s1. The Bertz CT molecular complexity index is 604. The fraction of sp³-hybridized carbons (Fsp3) is 0.667. The van der Waals surface area contributed by atoms with E-state index in [4.69, 9.17) is 14.2 Å². The predicted octanol–water partition coefficient (Wildman–Crippen LogP) is 2.74. The van der Waals surface area contributed by atoms with E-state index < -0.39 is 0 Å². The van der Waals surface area contributed by atoms with E-state index in [2.05, 4.69) is 18.9 Å². The molecule has 6 atom stereocenters. The van der Waals surface area contributed by atoms with E-state index in [1.54, 1.807) is 0 Å². The van der Waals surface area contributed by atoms with Gasteiger partial charge in [-0.25, -0.2) is 0 Å². The normalized spacial score (nSPS) is 33.5. The molecule has 2 bridgehead atoms. The molecule has 3 aliphatic heterocycles. The minimum atomic E-state index is -0.351. The third kappa shape index (κ3) is 3.53. The molecule has 5 heteroatoms. The Morgan fingerprint density at radius 3 is 2.58 bits per heavy atom. The molecular formula is C21H29NO4. The highest BCUT2D eigenvalue weighted by Crippen LogP contribution is 2.48. The molecule has 0 N–H and O–H groups in total. The van der Waals surface area contributed by atoms with Gasteiger partial charge in [0.15, 0.2) is 0 Å². The van der Waals surface area contributed by atoms with Crippen LogP contribution in [0.15, 0.2) is 30.3 Å². The van der Waals surface area contributed by atoms with Crippen molar-refractivity contribution in [1.29, 1.82) is 0 Å². The zero-order valence-electron chi connectivity index (χ0n) is 15.7. The number of esters is 1. The number of hydrogen-bond donors (Lipinski definition) is 0. The van der Waals surface area contributed by atoms with Gasteiger partial charge in [-0.2, -0.15) is 0 Å². The lowest BCUT2D eigenvalue weighted by Gasteiger charge is -2.38. The lowest BCUT2D eigenvalue weighted by atomic mass is 9.97. The summed E-state index contributed by atoms with van der Waals surface area (Å²) in [5, 5.41) is 0. The molecule has 0 aromatic heterocycles. The summed E-state index contributed by atoms with van der Waals surface area (Å²) in [6, 6.07) is 10.6. The largest absolute Gasteiger partial charge is 0.462 e. The SMILES string of the molecule is CCCCOC[C@@H](C(=O)O[C@@H]1C[C@@H]2[C@H]3O[C@H]3[C@H](C1)N2C)c1ccccc1. The second-order valence-corrected chi connectivity index (χ2v) is 7.79. The van der Waals surface area contributed by atoms with Gasteiger partial charge < -0.3 is 14.2 Å². The first-order chi connectivity index (χ1) is 12.7. The molecule has 5 nitrogen and oxygen atoms in total. The van der Waals surface area contributed by atoms with E-state index >= 15 is 0 Å². The van der Waals surface area contributed by atoms with Gasteiger partial charge in [0.05, 0.1) is 6.61 Å². The Morgan fingerprint density at radius 1 is 1.23 bits per heavy atom. The van der Waals surface area contributed by atoms with E-state index in [1.807, 2.05) is 30.3 Å². The quantitative estimate of drug-likeness (QED) is 0.406. The number of morpholine rings is 1. The fourth-order valence-electron chi connectivity index (χ4n) is 4.48. The van der Waals surface area contributed by atoms with Crippen molar-refractivity contribution >= 4 is 5.97 Å². The summed E-state index contributed by atoms with van der Waals surface area (Å²) in [7, 11) is 2.16. The maximum Gasteiger partial charge on any atom is 0.316 e. The number of unbranched alkanes of at least 4 members (excludes halogenated alkanes) is 1. The number of carbonyl (C=O) groups excluding carboxylic acids is 1. The summed E-state index contributed by atoms with van der Waals surface area (Å²) < 4.78 is 17.5. The van der Waals surface area contributed by atoms with Crippen LogP contribution in [0.5, 0.6) is 0 Å². The molecule has 0 radical (unpaired) electrons. The highest BCUT2D eigenvalue weighted by atomic mass is 16.6. The van der Waals surface area contributed by atoms with Crippen LogP contribution in [0.3, 0.4) is 0 Å². The van der Waals surface area contributed by atoms with Gasteiger partial charge in [0, 0.05) is 31.5 Å². The van der Waals surface area contributed by atoms with Crippen molar-refractivity contribution in [3.05, 3.63) is 35.9 Å². The number of hydrogen-bond acceptors (Lipinski definition) is 5. The van der Waals surface area contributed by atoms with E-state index in [0.717, 1.165) is 31.2 Å². The maximum atomic E-state index is 12.9. The molecule has 3 saturated heterocycles. The molecule has 1 aromatic carbocycles. The summed E-state index contributed by atoms with van der Waals surface area (Å²) in [6.45, 7) is 3.21. The van der Waals surface area contributed by atoms with Crippen molar-refractivity contribution in [2.75, 3.05) is 20.3 Å². The van der Waals surface area contributed by atoms with Crippen molar-refractivity contribution in [3.8, 4) is 0 Å². The number of carbonyl (C=O) groups is 1. The average Bonchev–Trinajstić information content (AvgIpc) is 3.40. The van der Waals surface area contributed by atoms with Crippen LogP contribution < -0.4 is 0 Å². The van der Waals surface area contributed by atoms with Crippen molar-refractivity contribution < 1.29 is 19.0 Å². The molecule has 0 aliphatic carbocycles. The first-order valence-corrected chi connectivity index (χ1v) is 9.89. The van der Waals surface area contributed by atoms with Crippen molar-refractivity contribution in [2.45, 2.75) is 68.9 Å². The molecule has 3 fully saturated rings. The van der Waals surface area contributed by atoms with Crippen molar-refractivity contribution in [3.63, 3.8) is 0 Å². The molecule has 142 valence electrons. The molecule has 0 saturated carbocycles. The van der Waals surface area contributed by atoms with Crippen LogP contribution in [0.2, 0.25) is 0 Å². The van der Waals surface area contributed by atoms with Gasteiger partial charge >= 0.3 is 5.97 Å². The number of benzene rings is 1. The Labute approximate surface area is 155 Å². The molecule has 26 heavy (non-hydrogen) atoms. The highest BCUT2D eigenvalue weighted by Gasteiger charge is 2.62. The molecule has 0 amide bonds. The lowest BCUT2D eigenvalue weighted by Crippen LogP contribution is -2.48. The molecular weight excluding hydrogens is 330 g/mol. The molecule has 0 spiro atoms. The van der Waals surface area contributed by atoms with Crippen LogP contribution in [-0.2, 0) is 19.0 Å². The minimum Gasteiger partial charge on any atom is -0.462 e. The number of rotatable bonds is 8. The average molecular weight is 359 g/mol. The summed E-state index contributed by atoms with van der Waals surface area (Å²) in [5.41, 5.74) is 0.969. The summed E-state index contributed by atoms with van der Waals surface area (Å²) in [6.07, 6.45) is 4.55. The van der Waals surface area contributed by atoms with Gasteiger partial charge in [0.25, 0.3) is 0 Å². The Morgan fingerprint density at radius 2 is 1.92 bits per heavy atom. The monoisotopic (exact) mass is 359 g/mol. The van der Waals surface area contributed by atoms with E-state index in [9.17, 15) is 4.79 Å². The number of nitrogens with zero attached hydrogens (tertiary/aromatic N) is 1. The van der Waals surface area contributed by atoms with Gasteiger partial charge in [0.2, 0.25) is 0 Å². The molecule has 1 aromatic rings. The van der Waals surface area contributed by atoms with Crippen LogP contribution >= 0.6 is 0 Å². The summed E-state index contributed by atoms with van der Waals surface area (Å²) >= 11 is 0. The van der Waals surface area contributed by atoms with Crippen LogP contribution in [-0.4, -0.2) is 61.5 Å². The molecule has 4 rings (SSSR count). The Hall–Kier alpha value is -1.43. The molecule has 3 heterocycles. The van der Waals surface area contributed by atoms with E-state index in [0.29, 0.717) is 37.5 Å². The minimum absolute atomic E-state index is 0.00745. The number of epoxide rings is 1. The van der Waals surface area contributed by atoms with Crippen LogP contribution in [0.25, 0.3) is 0 Å². The first-order valence-electron chi connectivity index (χ1n) is 9.89. The fourth-order valence-corrected chi connectivity index (χ4v) is 4.48. The summed E-state index contributed by atoms with van der Waals surface area (Å²) in [5.74, 6) is -0.507. The van der Waals surface area contributed by atoms with Gasteiger partial charge in [-0.05, 0) is 19.0 Å². The zero-order valence-corrected chi connectivity index (χ0v) is 15.7. The van der Waals surface area contributed by atoms with Crippen molar-refractivity contribution in [1.82, 2.24) is 4.90 Å². The van der Waals surface area contributed by atoms with Crippen molar-refractivity contribution in [2.24, 2.45) is 0 Å². The predicted molar refractivity (Wildman–Crippen MR) is 98.0 cm³/mol. The van der Waals surface area contributed by atoms with Crippen LogP contribution in [0.4, 0.5) is 0 Å². The Kier molecular flexibility index (Phi) is 5.30. The number of ether oxygens (including phenoxy) is 3. The zero-order chi connectivity index (χ0) is 18.1. The number of fused-ring (bicyclic) bond motifs is 5. The van der Waals surface area contributed by atoms with Gasteiger partial charge in [-0.1, -0.05) is 43.7 Å². The third-order valence-electron chi connectivity index (χ3n) is 6.07. The third-order valence-corrected chi connectivity index (χ3v) is 6.07. The maximum absolute atomic E-state index is 12.9. The second kappa shape index (κ2) is 7.67. The molecule has 3 aliphatic rings. The number of piperidine rings is 1.